The smallest absolute Gasteiger partial charge is 0.336 e. The molecule has 0 aromatic heterocycles. The maximum Gasteiger partial charge on any atom is 0.336 e. The van der Waals surface area contributed by atoms with Crippen molar-refractivity contribution in [1.29, 1.82) is 0 Å². The van der Waals surface area contributed by atoms with Gasteiger partial charge in [-0.3, -0.25) is 4.79 Å². The van der Waals surface area contributed by atoms with E-state index >= 15 is 0 Å². The van der Waals surface area contributed by atoms with E-state index in [0.717, 1.165) is 4.47 Å². The highest BCUT2D eigenvalue weighted by Gasteiger charge is 2.18. The van der Waals surface area contributed by atoms with E-state index in [4.69, 9.17) is 5.11 Å². The van der Waals surface area contributed by atoms with E-state index in [0.29, 0.717) is 10.0 Å². The number of carboxylic acids is 1. The van der Waals surface area contributed by atoms with Crippen molar-refractivity contribution < 1.29 is 14.7 Å². The van der Waals surface area contributed by atoms with E-state index in [1.165, 1.54) is 12.1 Å². The molecule has 0 aliphatic heterocycles. The summed E-state index contributed by atoms with van der Waals surface area (Å²) in [5.74, 6) is -1.44. The molecule has 5 heteroatoms. The Morgan fingerprint density at radius 2 is 1.58 bits per heavy atom. The SMILES string of the molecule is O=C(O)c1cc(Br)ccc1C(=O)c1cccc(Br)c1. The molecule has 0 unspecified atom stereocenters. The molecular weight excluding hydrogens is 376 g/mol. The zero-order chi connectivity index (χ0) is 14.0. The fourth-order valence-electron chi connectivity index (χ4n) is 1.68. The van der Waals surface area contributed by atoms with Crippen LogP contribution in [0.4, 0.5) is 0 Å². The molecule has 0 bridgehead atoms. The number of carbonyl (C=O) groups excluding carboxylic acids is 1. The molecule has 0 saturated heterocycles. The van der Waals surface area contributed by atoms with Crippen LogP contribution in [0.2, 0.25) is 0 Å². The third-order valence-electron chi connectivity index (χ3n) is 2.54. The van der Waals surface area contributed by atoms with E-state index in [9.17, 15) is 9.59 Å². The molecule has 2 rings (SSSR count). The van der Waals surface area contributed by atoms with Gasteiger partial charge in [-0.15, -0.1) is 0 Å². The second-order valence-electron chi connectivity index (χ2n) is 3.83. The highest BCUT2D eigenvalue weighted by Crippen LogP contribution is 2.21. The first-order valence-electron chi connectivity index (χ1n) is 5.32. The molecule has 3 nitrogen and oxygen atoms in total. The molecule has 0 fully saturated rings. The molecule has 0 aliphatic rings. The predicted octanol–water partition coefficient (Wildman–Crippen LogP) is 4.14. The van der Waals surface area contributed by atoms with Crippen molar-refractivity contribution >= 4 is 43.6 Å². The summed E-state index contributed by atoms with van der Waals surface area (Å²) in [5.41, 5.74) is 0.604. The second-order valence-corrected chi connectivity index (χ2v) is 5.67. The van der Waals surface area contributed by atoms with Crippen LogP contribution in [0.3, 0.4) is 0 Å². The molecule has 2 aromatic rings. The number of benzene rings is 2. The average Bonchev–Trinajstić information content (AvgIpc) is 2.37. The summed E-state index contributed by atoms with van der Waals surface area (Å²) < 4.78 is 1.39. The number of hydrogen-bond acceptors (Lipinski definition) is 2. The highest BCUT2D eigenvalue weighted by molar-refractivity contribution is 9.10. The molecule has 2 aromatic carbocycles. The zero-order valence-corrected chi connectivity index (χ0v) is 12.7. The highest BCUT2D eigenvalue weighted by atomic mass is 79.9. The van der Waals surface area contributed by atoms with Gasteiger partial charge in [-0.25, -0.2) is 4.79 Å². The van der Waals surface area contributed by atoms with Crippen molar-refractivity contribution in [2.75, 3.05) is 0 Å². The minimum Gasteiger partial charge on any atom is -0.478 e. The van der Waals surface area contributed by atoms with Crippen LogP contribution in [0, 0.1) is 0 Å². The van der Waals surface area contributed by atoms with Crippen LogP contribution in [0.5, 0.6) is 0 Å². The first kappa shape index (κ1) is 14.0. The fourth-order valence-corrected chi connectivity index (χ4v) is 2.44. The molecule has 0 amide bonds. The van der Waals surface area contributed by atoms with Gasteiger partial charge < -0.3 is 5.11 Å². The third kappa shape index (κ3) is 3.11. The number of aromatic carboxylic acids is 1. The summed E-state index contributed by atoms with van der Waals surface area (Å²) in [7, 11) is 0. The van der Waals surface area contributed by atoms with Gasteiger partial charge in [-0.1, -0.05) is 44.0 Å². The van der Waals surface area contributed by atoms with Gasteiger partial charge in [-0.05, 0) is 30.3 Å². The van der Waals surface area contributed by atoms with E-state index < -0.39 is 5.97 Å². The fraction of sp³-hybridized carbons (Fsp3) is 0. The second kappa shape index (κ2) is 5.67. The van der Waals surface area contributed by atoms with Gasteiger partial charge in [0.05, 0.1) is 5.56 Å². The van der Waals surface area contributed by atoms with Gasteiger partial charge in [-0.2, -0.15) is 0 Å². The van der Waals surface area contributed by atoms with Crippen molar-refractivity contribution in [2.45, 2.75) is 0 Å². The largest absolute Gasteiger partial charge is 0.478 e. The van der Waals surface area contributed by atoms with Crippen LogP contribution in [0.15, 0.2) is 51.4 Å². The first-order valence-corrected chi connectivity index (χ1v) is 6.91. The minimum atomic E-state index is -1.13. The molecule has 0 aliphatic carbocycles. The summed E-state index contributed by atoms with van der Waals surface area (Å²) in [6.07, 6.45) is 0. The lowest BCUT2D eigenvalue weighted by molar-refractivity contribution is 0.0692. The van der Waals surface area contributed by atoms with E-state index in [2.05, 4.69) is 31.9 Å². The Hall–Kier alpha value is -1.46. The topological polar surface area (TPSA) is 54.4 Å². The summed E-state index contributed by atoms with van der Waals surface area (Å²) in [6.45, 7) is 0. The van der Waals surface area contributed by atoms with Gasteiger partial charge in [0, 0.05) is 20.1 Å². The minimum absolute atomic E-state index is 0.0145. The van der Waals surface area contributed by atoms with Gasteiger partial charge in [0.15, 0.2) is 5.78 Å². The maximum atomic E-state index is 12.3. The van der Waals surface area contributed by atoms with Crippen molar-refractivity contribution in [3.05, 3.63) is 68.1 Å². The summed E-state index contributed by atoms with van der Waals surface area (Å²) in [5, 5.41) is 9.16. The normalized spacial score (nSPS) is 10.2. The van der Waals surface area contributed by atoms with E-state index in [-0.39, 0.29) is 16.9 Å². The van der Waals surface area contributed by atoms with Crippen molar-refractivity contribution in [3.63, 3.8) is 0 Å². The predicted molar refractivity (Wildman–Crippen MR) is 78.7 cm³/mol. The third-order valence-corrected chi connectivity index (χ3v) is 3.53. The van der Waals surface area contributed by atoms with Crippen molar-refractivity contribution in [2.24, 2.45) is 0 Å². The molecule has 0 saturated carbocycles. The maximum absolute atomic E-state index is 12.3. The van der Waals surface area contributed by atoms with Crippen LogP contribution in [0.1, 0.15) is 26.3 Å². The Morgan fingerprint density at radius 3 is 2.21 bits per heavy atom. The van der Waals surface area contributed by atoms with Crippen LogP contribution in [-0.4, -0.2) is 16.9 Å². The summed E-state index contributed by atoms with van der Waals surface area (Å²) >= 11 is 6.49. The monoisotopic (exact) mass is 382 g/mol. The summed E-state index contributed by atoms with van der Waals surface area (Å²) in [6, 6.07) is 11.4. The molecule has 1 N–H and O–H groups in total. The number of ketones is 1. The van der Waals surface area contributed by atoms with E-state index in [1.807, 2.05) is 0 Å². The Bertz CT molecular complexity index is 665. The Kier molecular flexibility index (Phi) is 4.17. The molecule has 19 heavy (non-hydrogen) atoms. The van der Waals surface area contributed by atoms with Crippen LogP contribution in [0.25, 0.3) is 0 Å². The quantitative estimate of drug-likeness (QED) is 0.810. The first-order chi connectivity index (χ1) is 8.99. The molecule has 0 heterocycles. The Labute approximate surface area is 126 Å². The van der Waals surface area contributed by atoms with Crippen molar-refractivity contribution in [3.8, 4) is 0 Å². The molecule has 96 valence electrons. The molecule has 0 radical (unpaired) electrons. The lowest BCUT2D eigenvalue weighted by atomic mass is 9.98. The summed E-state index contributed by atoms with van der Waals surface area (Å²) in [4.78, 5) is 23.5. The van der Waals surface area contributed by atoms with Crippen LogP contribution in [-0.2, 0) is 0 Å². The lowest BCUT2D eigenvalue weighted by Crippen LogP contribution is -2.09. The molecule has 0 atom stereocenters. The molecular formula is C14H8Br2O3. The zero-order valence-electron chi connectivity index (χ0n) is 9.56. The number of carboxylic acid groups (broad SMARTS) is 1. The van der Waals surface area contributed by atoms with E-state index in [1.54, 1.807) is 30.3 Å². The van der Waals surface area contributed by atoms with Crippen LogP contribution >= 0.6 is 31.9 Å². The number of halogens is 2. The lowest BCUT2D eigenvalue weighted by Gasteiger charge is -2.06. The Morgan fingerprint density at radius 1 is 0.895 bits per heavy atom. The van der Waals surface area contributed by atoms with Gasteiger partial charge >= 0.3 is 5.97 Å². The van der Waals surface area contributed by atoms with Gasteiger partial charge in [0.25, 0.3) is 0 Å². The van der Waals surface area contributed by atoms with Crippen molar-refractivity contribution in [1.82, 2.24) is 0 Å². The number of carbonyl (C=O) groups is 2. The Balaban J connectivity index is 2.53. The average molecular weight is 384 g/mol. The van der Waals surface area contributed by atoms with Gasteiger partial charge in [0.2, 0.25) is 0 Å². The number of rotatable bonds is 3. The van der Waals surface area contributed by atoms with Gasteiger partial charge in [0.1, 0.15) is 0 Å². The number of hydrogen-bond donors (Lipinski definition) is 1. The molecule has 0 spiro atoms. The standard InChI is InChI=1S/C14H8Br2O3/c15-9-3-1-2-8(6-9)13(17)11-5-4-10(16)7-12(11)14(18)19/h1-7H,(H,18,19). The van der Waals surface area contributed by atoms with Crippen LogP contribution < -0.4 is 0 Å².